The fourth-order valence-electron chi connectivity index (χ4n) is 1.39. The Morgan fingerprint density at radius 2 is 1.74 bits per heavy atom. The van der Waals surface area contributed by atoms with E-state index in [9.17, 15) is 18.0 Å². The Labute approximate surface area is 114 Å². The zero-order valence-corrected chi connectivity index (χ0v) is 11.0. The normalized spacial score (nSPS) is 11.2. The van der Waals surface area contributed by atoms with Crippen molar-refractivity contribution < 1.29 is 18.0 Å². The molecule has 0 aromatic heterocycles. The average molecular weight is 290 g/mol. The van der Waals surface area contributed by atoms with Gasteiger partial charge >= 0.3 is 6.18 Å². The first-order valence-electron chi connectivity index (χ1n) is 5.43. The molecule has 0 saturated carbocycles. The molecule has 0 fully saturated rings. The van der Waals surface area contributed by atoms with E-state index in [1.54, 1.807) is 12.1 Å². The van der Waals surface area contributed by atoms with Crippen molar-refractivity contribution in [2.75, 3.05) is 13.6 Å². The summed E-state index contributed by atoms with van der Waals surface area (Å²) in [5.41, 5.74) is 6.30. The first-order chi connectivity index (χ1) is 8.70. The summed E-state index contributed by atoms with van der Waals surface area (Å²) in [6.07, 6.45) is -5.30. The molecule has 7 heteroatoms. The standard InChI is InChI=1S/C12H13F3N2OS/c1-17(7-6-12(13,14)15)11(18)9-4-2-8(3-5-9)10(16)19/h2-5H,6-7H2,1H3,(H2,16,19). The topological polar surface area (TPSA) is 46.3 Å². The van der Waals surface area contributed by atoms with Gasteiger partial charge in [0.1, 0.15) is 4.99 Å². The molecule has 0 radical (unpaired) electrons. The van der Waals surface area contributed by atoms with Gasteiger partial charge in [0.2, 0.25) is 0 Å². The Kier molecular flexibility index (Phi) is 4.88. The number of rotatable bonds is 4. The highest BCUT2D eigenvalue weighted by Crippen LogP contribution is 2.20. The van der Waals surface area contributed by atoms with Crippen molar-refractivity contribution in [1.29, 1.82) is 0 Å². The lowest BCUT2D eigenvalue weighted by Gasteiger charge is -2.18. The van der Waals surface area contributed by atoms with Gasteiger partial charge in [0.25, 0.3) is 5.91 Å². The molecule has 3 nitrogen and oxygen atoms in total. The summed E-state index contributed by atoms with van der Waals surface area (Å²) >= 11 is 4.76. The van der Waals surface area contributed by atoms with Crippen molar-refractivity contribution >= 4 is 23.1 Å². The highest BCUT2D eigenvalue weighted by atomic mass is 32.1. The van der Waals surface area contributed by atoms with Gasteiger partial charge in [0.05, 0.1) is 6.42 Å². The first-order valence-corrected chi connectivity index (χ1v) is 5.83. The van der Waals surface area contributed by atoms with Crippen molar-refractivity contribution in [3.8, 4) is 0 Å². The molecule has 1 aromatic rings. The zero-order valence-electron chi connectivity index (χ0n) is 10.2. The van der Waals surface area contributed by atoms with Crippen LogP contribution in [0.5, 0.6) is 0 Å². The van der Waals surface area contributed by atoms with Crippen LogP contribution in [0.4, 0.5) is 13.2 Å². The van der Waals surface area contributed by atoms with E-state index in [1.165, 1.54) is 19.2 Å². The lowest BCUT2D eigenvalue weighted by molar-refractivity contribution is -0.136. The molecule has 2 N–H and O–H groups in total. The molecule has 1 aromatic carbocycles. The van der Waals surface area contributed by atoms with Crippen LogP contribution in [-0.4, -0.2) is 35.6 Å². The number of benzene rings is 1. The van der Waals surface area contributed by atoms with Crippen molar-refractivity contribution in [1.82, 2.24) is 4.90 Å². The molecule has 1 amide bonds. The second kappa shape index (κ2) is 6.01. The van der Waals surface area contributed by atoms with E-state index in [1.807, 2.05) is 0 Å². The Morgan fingerprint density at radius 1 is 1.26 bits per heavy atom. The van der Waals surface area contributed by atoms with E-state index in [2.05, 4.69) is 0 Å². The molecule has 0 atom stereocenters. The van der Waals surface area contributed by atoms with Crippen LogP contribution in [0.1, 0.15) is 22.3 Å². The molecule has 0 aliphatic rings. The number of carbonyl (C=O) groups is 1. The maximum Gasteiger partial charge on any atom is 0.390 e. The van der Waals surface area contributed by atoms with Crippen molar-refractivity contribution in [3.05, 3.63) is 35.4 Å². The molecule has 0 spiro atoms. The molecule has 0 aliphatic carbocycles. The summed E-state index contributed by atoms with van der Waals surface area (Å²) < 4.78 is 36.2. The summed E-state index contributed by atoms with van der Waals surface area (Å²) in [5.74, 6) is -0.473. The van der Waals surface area contributed by atoms with Crippen LogP contribution in [0.25, 0.3) is 0 Å². The second-order valence-electron chi connectivity index (χ2n) is 4.03. The minimum Gasteiger partial charge on any atom is -0.389 e. The molecule has 104 valence electrons. The van der Waals surface area contributed by atoms with Crippen molar-refractivity contribution in [2.24, 2.45) is 5.73 Å². The average Bonchev–Trinajstić information content (AvgIpc) is 2.34. The molecule has 0 heterocycles. The van der Waals surface area contributed by atoms with Crippen LogP contribution in [0.2, 0.25) is 0 Å². The van der Waals surface area contributed by atoms with E-state index in [0.29, 0.717) is 11.1 Å². The van der Waals surface area contributed by atoms with Crippen LogP contribution < -0.4 is 5.73 Å². The van der Waals surface area contributed by atoms with Crippen LogP contribution in [0.3, 0.4) is 0 Å². The Hall–Kier alpha value is -1.63. The van der Waals surface area contributed by atoms with Crippen LogP contribution in [0, 0.1) is 0 Å². The summed E-state index contributed by atoms with van der Waals surface area (Å²) in [4.78, 5) is 13.1. The molecule has 19 heavy (non-hydrogen) atoms. The number of nitrogens with zero attached hydrogens (tertiary/aromatic N) is 1. The molecular weight excluding hydrogens is 277 g/mol. The van der Waals surface area contributed by atoms with Crippen molar-refractivity contribution in [2.45, 2.75) is 12.6 Å². The quantitative estimate of drug-likeness (QED) is 0.866. The highest BCUT2D eigenvalue weighted by molar-refractivity contribution is 7.80. The van der Waals surface area contributed by atoms with Gasteiger partial charge in [-0.05, 0) is 12.1 Å². The summed E-state index contributed by atoms with van der Waals surface area (Å²) in [5, 5.41) is 0. The molecule has 0 aliphatic heterocycles. The largest absolute Gasteiger partial charge is 0.390 e. The fraction of sp³-hybridized carbons (Fsp3) is 0.333. The van der Waals surface area contributed by atoms with E-state index in [4.69, 9.17) is 18.0 Å². The predicted molar refractivity (Wildman–Crippen MR) is 70.0 cm³/mol. The number of hydrogen-bond acceptors (Lipinski definition) is 2. The number of carbonyl (C=O) groups excluding carboxylic acids is 1. The number of amides is 1. The SMILES string of the molecule is CN(CCC(F)(F)F)C(=O)c1ccc(C(N)=S)cc1. The molecule has 0 unspecified atom stereocenters. The summed E-state index contributed by atoms with van der Waals surface area (Å²) in [6, 6.07) is 6.10. The predicted octanol–water partition coefficient (Wildman–Crippen LogP) is 2.35. The molecule has 0 saturated heterocycles. The third-order valence-corrected chi connectivity index (χ3v) is 2.73. The van der Waals surface area contributed by atoms with Crippen LogP contribution >= 0.6 is 12.2 Å². The molecular formula is C12H13F3N2OS. The third kappa shape index (κ3) is 4.86. The van der Waals surface area contributed by atoms with E-state index < -0.39 is 18.5 Å². The lowest BCUT2D eigenvalue weighted by atomic mass is 10.1. The Bertz CT molecular complexity index is 471. The molecule has 1 rings (SSSR count). The minimum absolute atomic E-state index is 0.199. The van der Waals surface area contributed by atoms with Crippen molar-refractivity contribution in [3.63, 3.8) is 0 Å². The molecule has 0 bridgehead atoms. The Balaban J connectivity index is 2.69. The maximum atomic E-state index is 12.1. The van der Waals surface area contributed by atoms with Gasteiger partial charge in [-0.15, -0.1) is 0 Å². The lowest BCUT2D eigenvalue weighted by Crippen LogP contribution is -2.30. The van der Waals surface area contributed by atoms with Crippen LogP contribution in [-0.2, 0) is 0 Å². The number of halogens is 3. The Morgan fingerprint density at radius 3 is 2.16 bits per heavy atom. The number of alkyl halides is 3. The maximum absolute atomic E-state index is 12.1. The highest BCUT2D eigenvalue weighted by Gasteiger charge is 2.28. The number of nitrogens with two attached hydrogens (primary N) is 1. The van der Waals surface area contributed by atoms with Gasteiger partial charge in [-0.3, -0.25) is 4.79 Å². The first kappa shape index (κ1) is 15.4. The van der Waals surface area contributed by atoms with E-state index in [-0.39, 0.29) is 11.5 Å². The third-order valence-electron chi connectivity index (χ3n) is 2.49. The van der Waals surface area contributed by atoms with Gasteiger partial charge < -0.3 is 10.6 Å². The summed E-state index contributed by atoms with van der Waals surface area (Å²) in [7, 11) is 1.33. The van der Waals surface area contributed by atoms with Gasteiger partial charge in [0, 0.05) is 24.7 Å². The second-order valence-corrected chi connectivity index (χ2v) is 4.47. The van der Waals surface area contributed by atoms with E-state index in [0.717, 1.165) is 4.90 Å². The minimum atomic E-state index is -4.27. The number of thiocarbonyl (C=S) groups is 1. The van der Waals surface area contributed by atoms with Gasteiger partial charge in [-0.25, -0.2) is 0 Å². The number of hydrogen-bond donors (Lipinski definition) is 1. The smallest absolute Gasteiger partial charge is 0.389 e. The van der Waals surface area contributed by atoms with Crippen LogP contribution in [0.15, 0.2) is 24.3 Å². The van der Waals surface area contributed by atoms with Gasteiger partial charge in [0.15, 0.2) is 0 Å². The van der Waals surface area contributed by atoms with E-state index >= 15 is 0 Å². The van der Waals surface area contributed by atoms with Gasteiger partial charge in [-0.1, -0.05) is 24.4 Å². The fourth-order valence-corrected chi connectivity index (χ4v) is 1.53. The monoisotopic (exact) mass is 290 g/mol. The zero-order chi connectivity index (χ0) is 14.6. The summed E-state index contributed by atoms with van der Waals surface area (Å²) in [6.45, 7) is -0.376. The van der Waals surface area contributed by atoms with Gasteiger partial charge in [-0.2, -0.15) is 13.2 Å².